The summed E-state index contributed by atoms with van der Waals surface area (Å²) in [6, 6.07) is 6.76. The molecule has 0 aliphatic carbocycles. The number of hydrogen-bond acceptors (Lipinski definition) is 5. The molecule has 0 aliphatic heterocycles. The molecular formula is C16H22N2O4. The molecule has 1 rings (SSSR count). The molecule has 0 saturated heterocycles. The summed E-state index contributed by atoms with van der Waals surface area (Å²) in [4.78, 5) is 27.8. The first-order valence-corrected chi connectivity index (χ1v) is 7.07. The zero-order valence-corrected chi connectivity index (χ0v) is 13.3. The quantitative estimate of drug-likeness (QED) is 0.475. The van der Waals surface area contributed by atoms with Crippen molar-refractivity contribution in [3.63, 3.8) is 0 Å². The van der Waals surface area contributed by atoms with Gasteiger partial charge in [-0.25, -0.2) is 4.79 Å². The van der Waals surface area contributed by atoms with Crippen LogP contribution >= 0.6 is 0 Å². The molecule has 1 aromatic carbocycles. The van der Waals surface area contributed by atoms with Gasteiger partial charge in [-0.05, 0) is 30.5 Å². The van der Waals surface area contributed by atoms with Gasteiger partial charge in [-0.3, -0.25) is 4.79 Å². The highest BCUT2D eigenvalue weighted by Gasteiger charge is 2.10. The normalized spacial score (nSPS) is 12.2. The minimum atomic E-state index is -0.393. The second-order valence-electron chi connectivity index (χ2n) is 5.22. The Morgan fingerprint density at radius 2 is 1.86 bits per heavy atom. The number of methoxy groups -OCH3 is 1. The van der Waals surface area contributed by atoms with Crippen LogP contribution in [0.4, 0.5) is 0 Å². The van der Waals surface area contributed by atoms with Crippen LogP contribution in [0.25, 0.3) is 0 Å². The lowest BCUT2D eigenvalue weighted by Crippen LogP contribution is -2.38. The maximum absolute atomic E-state index is 11.6. The molecule has 1 amide bonds. The zero-order chi connectivity index (χ0) is 16.5. The van der Waals surface area contributed by atoms with Crippen LogP contribution in [0.1, 0.15) is 36.7 Å². The lowest BCUT2D eigenvalue weighted by atomic mass is 10.1. The molecule has 1 unspecified atom stereocenters. The number of nitrogens with one attached hydrogen (secondary N) is 1. The van der Waals surface area contributed by atoms with Crippen LogP contribution in [-0.4, -0.2) is 37.8 Å². The maximum atomic E-state index is 11.6. The van der Waals surface area contributed by atoms with E-state index in [9.17, 15) is 9.59 Å². The lowest BCUT2D eigenvalue weighted by Gasteiger charge is -2.16. The van der Waals surface area contributed by atoms with E-state index in [1.807, 2.05) is 20.8 Å². The summed E-state index contributed by atoms with van der Waals surface area (Å²) in [6.07, 6.45) is 1.47. The predicted octanol–water partition coefficient (Wildman–Crippen LogP) is 1.98. The van der Waals surface area contributed by atoms with Crippen LogP contribution in [0.15, 0.2) is 29.4 Å². The van der Waals surface area contributed by atoms with Crippen molar-refractivity contribution in [2.75, 3.05) is 13.7 Å². The second kappa shape index (κ2) is 8.81. The first-order chi connectivity index (χ1) is 10.4. The summed E-state index contributed by atoms with van der Waals surface area (Å²) in [5.74, 6) is -0.240. The van der Waals surface area contributed by atoms with E-state index in [1.54, 1.807) is 24.3 Å². The monoisotopic (exact) mass is 306 g/mol. The largest absolute Gasteiger partial charge is 0.465 e. The Balaban J connectivity index is 2.40. The number of ether oxygens (including phenoxy) is 1. The Bertz CT molecular complexity index is 523. The maximum Gasteiger partial charge on any atom is 0.337 e. The summed E-state index contributed by atoms with van der Waals surface area (Å²) in [6.45, 7) is 5.87. The average Bonchev–Trinajstić information content (AvgIpc) is 2.51. The van der Waals surface area contributed by atoms with E-state index >= 15 is 0 Å². The van der Waals surface area contributed by atoms with E-state index < -0.39 is 5.97 Å². The molecule has 0 aromatic heterocycles. The molecule has 0 heterocycles. The molecule has 6 heteroatoms. The SMILES string of the molecule is COC(=O)c1ccc(/C=N/OCC(=O)NC(C)C(C)C)cc1. The summed E-state index contributed by atoms with van der Waals surface area (Å²) < 4.78 is 4.61. The molecule has 22 heavy (non-hydrogen) atoms. The molecule has 0 bridgehead atoms. The highest BCUT2D eigenvalue weighted by atomic mass is 16.6. The van der Waals surface area contributed by atoms with Crippen molar-refractivity contribution in [2.24, 2.45) is 11.1 Å². The minimum Gasteiger partial charge on any atom is -0.465 e. The molecule has 1 aromatic rings. The molecule has 0 radical (unpaired) electrons. The van der Waals surface area contributed by atoms with E-state index in [0.29, 0.717) is 11.5 Å². The van der Waals surface area contributed by atoms with Gasteiger partial charge in [-0.15, -0.1) is 0 Å². The van der Waals surface area contributed by atoms with Gasteiger partial charge >= 0.3 is 5.97 Å². The lowest BCUT2D eigenvalue weighted by molar-refractivity contribution is -0.126. The number of carbonyl (C=O) groups is 2. The predicted molar refractivity (Wildman–Crippen MR) is 83.8 cm³/mol. The number of hydrogen-bond donors (Lipinski definition) is 1. The summed E-state index contributed by atoms with van der Waals surface area (Å²) >= 11 is 0. The number of oxime groups is 1. The van der Waals surface area contributed by atoms with E-state index in [2.05, 4.69) is 15.2 Å². The molecule has 0 fully saturated rings. The number of rotatable bonds is 7. The van der Waals surface area contributed by atoms with Crippen molar-refractivity contribution in [3.8, 4) is 0 Å². The topological polar surface area (TPSA) is 77.0 Å². The van der Waals surface area contributed by atoms with E-state index in [0.717, 1.165) is 5.56 Å². The van der Waals surface area contributed by atoms with Crippen molar-refractivity contribution < 1.29 is 19.2 Å². The molecule has 1 N–H and O–H groups in total. The smallest absolute Gasteiger partial charge is 0.337 e. The fourth-order valence-corrected chi connectivity index (χ4v) is 1.48. The van der Waals surface area contributed by atoms with Crippen LogP contribution in [0.5, 0.6) is 0 Å². The zero-order valence-electron chi connectivity index (χ0n) is 13.3. The number of esters is 1. The van der Waals surface area contributed by atoms with Gasteiger partial charge in [0.05, 0.1) is 18.9 Å². The van der Waals surface area contributed by atoms with Crippen LogP contribution in [0.3, 0.4) is 0 Å². The van der Waals surface area contributed by atoms with Gasteiger partial charge in [0, 0.05) is 6.04 Å². The van der Waals surface area contributed by atoms with Gasteiger partial charge in [0.1, 0.15) is 0 Å². The van der Waals surface area contributed by atoms with Crippen molar-refractivity contribution in [1.29, 1.82) is 0 Å². The van der Waals surface area contributed by atoms with Crippen molar-refractivity contribution in [1.82, 2.24) is 5.32 Å². The van der Waals surface area contributed by atoms with Crippen molar-refractivity contribution in [3.05, 3.63) is 35.4 Å². The summed E-state index contributed by atoms with van der Waals surface area (Å²) in [5, 5.41) is 6.54. The van der Waals surface area contributed by atoms with Gasteiger partial charge in [0.25, 0.3) is 5.91 Å². The number of amides is 1. The van der Waals surface area contributed by atoms with Gasteiger partial charge in [0.2, 0.25) is 0 Å². The molecule has 0 saturated carbocycles. The molecule has 6 nitrogen and oxygen atoms in total. The van der Waals surface area contributed by atoms with Gasteiger partial charge in [0.15, 0.2) is 6.61 Å². The summed E-state index contributed by atoms with van der Waals surface area (Å²) in [7, 11) is 1.33. The molecule has 120 valence electrons. The highest BCUT2D eigenvalue weighted by Crippen LogP contribution is 2.04. The highest BCUT2D eigenvalue weighted by molar-refractivity contribution is 5.90. The molecular weight excluding hydrogens is 284 g/mol. The number of benzene rings is 1. The van der Waals surface area contributed by atoms with E-state index in [1.165, 1.54) is 13.3 Å². The van der Waals surface area contributed by atoms with Crippen LogP contribution in [0.2, 0.25) is 0 Å². The first kappa shape index (κ1) is 17.7. The van der Waals surface area contributed by atoms with Crippen LogP contribution < -0.4 is 5.32 Å². The average molecular weight is 306 g/mol. The van der Waals surface area contributed by atoms with Crippen LogP contribution in [-0.2, 0) is 14.4 Å². The van der Waals surface area contributed by atoms with Gasteiger partial charge < -0.3 is 14.9 Å². The van der Waals surface area contributed by atoms with Gasteiger partial charge in [-0.1, -0.05) is 31.1 Å². The van der Waals surface area contributed by atoms with Crippen molar-refractivity contribution in [2.45, 2.75) is 26.8 Å². The summed E-state index contributed by atoms with van der Waals surface area (Å²) in [5.41, 5.74) is 1.21. The molecule has 1 atom stereocenters. The Morgan fingerprint density at radius 1 is 1.23 bits per heavy atom. The third-order valence-electron chi connectivity index (χ3n) is 3.19. The minimum absolute atomic E-state index is 0.0888. The Kier molecular flexibility index (Phi) is 7.08. The van der Waals surface area contributed by atoms with Gasteiger partial charge in [-0.2, -0.15) is 0 Å². The number of carbonyl (C=O) groups excluding carboxylic acids is 2. The first-order valence-electron chi connectivity index (χ1n) is 7.07. The second-order valence-corrected chi connectivity index (χ2v) is 5.22. The standard InChI is InChI=1S/C16H22N2O4/c1-11(2)12(3)18-15(19)10-22-17-9-13-5-7-14(8-6-13)16(20)21-4/h5-9,11-12H,10H2,1-4H3,(H,18,19)/b17-9+. The fraction of sp³-hybridized carbons (Fsp3) is 0.438. The Morgan fingerprint density at radius 3 is 2.41 bits per heavy atom. The van der Waals surface area contributed by atoms with Crippen LogP contribution in [0, 0.1) is 5.92 Å². The third kappa shape index (κ3) is 5.95. The number of nitrogens with zero attached hydrogens (tertiary/aromatic N) is 1. The van der Waals surface area contributed by atoms with E-state index in [-0.39, 0.29) is 18.6 Å². The third-order valence-corrected chi connectivity index (χ3v) is 3.19. The fourth-order valence-electron chi connectivity index (χ4n) is 1.48. The molecule has 0 aliphatic rings. The molecule has 0 spiro atoms. The van der Waals surface area contributed by atoms with Crippen molar-refractivity contribution >= 4 is 18.1 Å². The Hall–Kier alpha value is -2.37. The van der Waals surface area contributed by atoms with E-state index in [4.69, 9.17) is 4.84 Å². The Labute approximate surface area is 130 Å².